The van der Waals surface area contributed by atoms with E-state index in [-0.39, 0.29) is 6.03 Å². The van der Waals surface area contributed by atoms with E-state index in [0.717, 1.165) is 19.3 Å². The Morgan fingerprint density at radius 1 is 1.15 bits per heavy atom. The number of hydrogen-bond acceptors (Lipinski definition) is 2. The van der Waals surface area contributed by atoms with Crippen LogP contribution in [0.25, 0.3) is 0 Å². The van der Waals surface area contributed by atoms with Gasteiger partial charge in [0, 0.05) is 26.8 Å². The molecule has 0 aliphatic heterocycles. The average molecular weight is 274 g/mol. The Bertz CT molecular complexity index is 441. The van der Waals surface area contributed by atoms with Crippen LogP contribution in [0, 0.1) is 0 Å². The Labute approximate surface area is 120 Å². The van der Waals surface area contributed by atoms with Crippen molar-refractivity contribution in [2.24, 2.45) is 0 Å². The van der Waals surface area contributed by atoms with E-state index in [9.17, 15) is 9.59 Å². The molecule has 0 fully saturated rings. The third kappa shape index (κ3) is 5.69. The van der Waals surface area contributed by atoms with Crippen LogP contribution in [0.3, 0.4) is 0 Å². The second-order valence-electron chi connectivity index (χ2n) is 4.79. The summed E-state index contributed by atoms with van der Waals surface area (Å²) in [6.45, 7) is 0.619. The van der Waals surface area contributed by atoms with Gasteiger partial charge in [-0.15, -0.1) is 0 Å². The lowest BCUT2D eigenvalue weighted by atomic mass is 10.1. The third-order valence-electron chi connectivity index (χ3n) is 2.93. The van der Waals surface area contributed by atoms with Crippen LogP contribution >= 0.6 is 0 Å². The second kappa shape index (κ2) is 8.91. The normalized spacial score (nSPS) is 10.5. The van der Waals surface area contributed by atoms with Gasteiger partial charge in [0.05, 0.1) is 0 Å². The van der Waals surface area contributed by atoms with E-state index < -0.39 is 0 Å². The van der Waals surface area contributed by atoms with E-state index in [4.69, 9.17) is 0 Å². The van der Waals surface area contributed by atoms with Gasteiger partial charge in [-0.1, -0.05) is 30.3 Å². The molecule has 0 heterocycles. The minimum absolute atomic E-state index is 0.109. The molecule has 0 N–H and O–H groups in total. The first kappa shape index (κ1) is 16.0. The first-order chi connectivity index (χ1) is 9.65. The molecular weight excluding hydrogens is 252 g/mol. The molecule has 1 rings (SSSR count). The van der Waals surface area contributed by atoms with Crippen molar-refractivity contribution in [2.75, 3.05) is 20.6 Å². The van der Waals surface area contributed by atoms with E-state index in [0.29, 0.717) is 12.8 Å². The van der Waals surface area contributed by atoms with Gasteiger partial charge in [0.15, 0.2) is 0 Å². The maximum Gasteiger partial charge on any atom is 0.323 e. The number of benzene rings is 1. The highest BCUT2D eigenvalue weighted by molar-refractivity contribution is 5.76. The summed E-state index contributed by atoms with van der Waals surface area (Å²) in [6.07, 6.45) is 6.48. The summed E-state index contributed by atoms with van der Waals surface area (Å²) >= 11 is 0. The predicted octanol–water partition coefficient (Wildman–Crippen LogP) is 2.71. The van der Waals surface area contributed by atoms with E-state index in [1.807, 2.05) is 18.2 Å². The van der Waals surface area contributed by atoms with Crippen molar-refractivity contribution in [3.05, 3.63) is 48.2 Å². The van der Waals surface area contributed by atoms with Crippen LogP contribution in [0.5, 0.6) is 0 Å². The average Bonchev–Trinajstić information content (AvgIpc) is 2.47. The van der Waals surface area contributed by atoms with Crippen molar-refractivity contribution in [1.82, 2.24) is 9.80 Å². The maximum atomic E-state index is 11.9. The van der Waals surface area contributed by atoms with Gasteiger partial charge in [-0.25, -0.2) is 4.79 Å². The van der Waals surface area contributed by atoms with Gasteiger partial charge in [-0.2, -0.15) is 0 Å². The topological polar surface area (TPSA) is 40.6 Å². The van der Waals surface area contributed by atoms with Crippen LogP contribution in [0.15, 0.2) is 42.6 Å². The van der Waals surface area contributed by atoms with E-state index in [2.05, 4.69) is 12.1 Å². The van der Waals surface area contributed by atoms with Crippen LogP contribution in [-0.2, 0) is 11.2 Å². The Kier molecular flexibility index (Phi) is 7.11. The van der Waals surface area contributed by atoms with Crippen LogP contribution in [0.2, 0.25) is 0 Å². The number of carbonyl (C=O) groups excluding carboxylic acids is 2. The zero-order valence-electron chi connectivity index (χ0n) is 12.2. The number of nitrogens with zero attached hydrogens (tertiary/aromatic N) is 2. The molecule has 4 heteroatoms. The summed E-state index contributed by atoms with van der Waals surface area (Å²) in [5, 5.41) is 0. The number of carbonyl (C=O) groups is 2. The highest BCUT2D eigenvalue weighted by Crippen LogP contribution is 2.06. The van der Waals surface area contributed by atoms with Gasteiger partial charge in [0.25, 0.3) is 0 Å². The molecule has 20 heavy (non-hydrogen) atoms. The standard InChI is InChI=1S/C16H22N2O2/c1-17(2)16(20)18(13-8-14-19)12-7-6-11-15-9-4-3-5-10-15/h3-5,8-10,13-14H,6-7,11-12H2,1-2H3/b13-8-. The highest BCUT2D eigenvalue weighted by atomic mass is 16.2. The molecular formula is C16H22N2O2. The fraction of sp³-hybridized carbons (Fsp3) is 0.375. The molecule has 0 saturated heterocycles. The molecule has 0 spiro atoms. The molecule has 0 saturated carbocycles. The van der Waals surface area contributed by atoms with Crippen LogP contribution in [0.4, 0.5) is 4.79 Å². The number of aldehydes is 1. The molecule has 4 nitrogen and oxygen atoms in total. The Morgan fingerprint density at radius 2 is 1.85 bits per heavy atom. The summed E-state index contributed by atoms with van der Waals surface area (Å²) in [5.74, 6) is 0. The first-order valence-electron chi connectivity index (χ1n) is 6.79. The zero-order valence-corrected chi connectivity index (χ0v) is 12.2. The lowest BCUT2D eigenvalue weighted by Gasteiger charge is -2.22. The Balaban J connectivity index is 2.40. The summed E-state index contributed by atoms with van der Waals surface area (Å²) < 4.78 is 0. The second-order valence-corrected chi connectivity index (χ2v) is 4.79. The SMILES string of the molecule is CN(C)C(=O)N(/C=C\C=O)CCCCc1ccccc1. The fourth-order valence-corrected chi connectivity index (χ4v) is 1.89. The molecule has 108 valence electrons. The number of aryl methyl sites for hydroxylation is 1. The Morgan fingerprint density at radius 3 is 2.45 bits per heavy atom. The zero-order chi connectivity index (χ0) is 14.8. The van der Waals surface area contributed by atoms with Gasteiger partial charge < -0.3 is 9.80 Å². The van der Waals surface area contributed by atoms with Crippen molar-refractivity contribution >= 4 is 12.3 Å². The van der Waals surface area contributed by atoms with Gasteiger partial charge in [0.2, 0.25) is 0 Å². The fourth-order valence-electron chi connectivity index (χ4n) is 1.89. The number of amides is 2. The van der Waals surface area contributed by atoms with E-state index >= 15 is 0 Å². The van der Waals surface area contributed by atoms with Gasteiger partial charge in [-0.05, 0) is 30.9 Å². The molecule has 0 bridgehead atoms. The molecule has 2 amide bonds. The molecule has 0 radical (unpaired) electrons. The predicted molar refractivity (Wildman–Crippen MR) is 80.4 cm³/mol. The third-order valence-corrected chi connectivity index (χ3v) is 2.93. The minimum Gasteiger partial charge on any atom is -0.330 e. The van der Waals surface area contributed by atoms with Crippen LogP contribution < -0.4 is 0 Å². The quantitative estimate of drug-likeness (QED) is 0.436. The number of rotatable bonds is 7. The number of hydrogen-bond donors (Lipinski definition) is 0. The highest BCUT2D eigenvalue weighted by Gasteiger charge is 2.11. The maximum absolute atomic E-state index is 11.9. The summed E-state index contributed by atoms with van der Waals surface area (Å²) in [4.78, 5) is 25.4. The van der Waals surface area contributed by atoms with Crippen molar-refractivity contribution in [1.29, 1.82) is 0 Å². The van der Waals surface area contributed by atoms with Gasteiger partial charge in [0.1, 0.15) is 6.29 Å². The Hall–Kier alpha value is -2.10. The van der Waals surface area contributed by atoms with Crippen LogP contribution in [0.1, 0.15) is 18.4 Å². The smallest absolute Gasteiger partial charge is 0.323 e. The first-order valence-corrected chi connectivity index (χ1v) is 6.79. The minimum atomic E-state index is -0.109. The van der Waals surface area contributed by atoms with Crippen molar-refractivity contribution in [3.63, 3.8) is 0 Å². The lowest BCUT2D eigenvalue weighted by molar-refractivity contribution is -0.104. The van der Waals surface area contributed by atoms with Crippen molar-refractivity contribution in [2.45, 2.75) is 19.3 Å². The molecule has 1 aromatic rings. The van der Waals surface area contributed by atoms with Crippen molar-refractivity contribution in [3.8, 4) is 0 Å². The van der Waals surface area contributed by atoms with Crippen molar-refractivity contribution < 1.29 is 9.59 Å². The summed E-state index contributed by atoms with van der Waals surface area (Å²) in [6, 6.07) is 10.2. The van der Waals surface area contributed by atoms with Gasteiger partial charge >= 0.3 is 6.03 Å². The van der Waals surface area contributed by atoms with Gasteiger partial charge in [-0.3, -0.25) is 4.79 Å². The van der Waals surface area contributed by atoms with E-state index in [1.165, 1.54) is 22.7 Å². The lowest BCUT2D eigenvalue weighted by Crippen LogP contribution is -2.36. The molecule has 0 unspecified atom stereocenters. The molecule has 0 aliphatic rings. The summed E-state index contributed by atoms with van der Waals surface area (Å²) in [7, 11) is 3.40. The molecule has 1 aromatic carbocycles. The van der Waals surface area contributed by atoms with E-state index in [1.54, 1.807) is 19.0 Å². The molecule has 0 aliphatic carbocycles. The largest absolute Gasteiger partial charge is 0.330 e. The number of unbranched alkanes of at least 4 members (excludes halogenated alkanes) is 1. The van der Waals surface area contributed by atoms with Crippen LogP contribution in [-0.4, -0.2) is 42.8 Å². The molecule has 0 atom stereocenters. The summed E-state index contributed by atoms with van der Waals surface area (Å²) in [5.41, 5.74) is 1.31. The number of urea groups is 1. The monoisotopic (exact) mass is 274 g/mol. The molecule has 0 aromatic heterocycles. The number of allylic oxidation sites excluding steroid dienone is 1.